The molecule has 0 aliphatic carbocycles. The van der Waals surface area contributed by atoms with E-state index in [1.54, 1.807) is 18.2 Å². The van der Waals surface area contributed by atoms with Crippen molar-refractivity contribution in [1.29, 1.82) is 0 Å². The molecule has 2 N–H and O–H groups in total. The molecule has 0 radical (unpaired) electrons. The van der Waals surface area contributed by atoms with Crippen LogP contribution >= 0.6 is 12.2 Å². The number of nitrogens with zero attached hydrogens (tertiary/aromatic N) is 3. The number of hydrogen-bond acceptors (Lipinski definition) is 5. The summed E-state index contributed by atoms with van der Waals surface area (Å²) in [6.07, 6.45) is 1.30. The smallest absolute Gasteiger partial charge is 0.264 e. The van der Waals surface area contributed by atoms with Crippen LogP contribution in [0.4, 0.5) is 15.8 Å². The second-order valence-electron chi connectivity index (χ2n) is 6.38. The van der Waals surface area contributed by atoms with Crippen molar-refractivity contribution >= 4 is 29.8 Å². The zero-order valence-corrected chi connectivity index (χ0v) is 16.2. The summed E-state index contributed by atoms with van der Waals surface area (Å²) in [6, 6.07) is 13.3. The third-order valence-electron chi connectivity index (χ3n) is 4.15. The minimum atomic E-state index is -0.537. The van der Waals surface area contributed by atoms with E-state index >= 15 is 0 Å². The molecular formula is C20H19FN4O2S. The molecule has 144 valence electrons. The van der Waals surface area contributed by atoms with Crippen LogP contribution in [0.5, 0.6) is 5.88 Å². The van der Waals surface area contributed by atoms with E-state index in [0.717, 1.165) is 11.3 Å². The maximum atomic E-state index is 13.1. The number of H-pyrrole nitrogens is 1. The highest BCUT2D eigenvalue weighted by atomic mass is 32.1. The van der Waals surface area contributed by atoms with Gasteiger partial charge in [0.2, 0.25) is 5.88 Å². The van der Waals surface area contributed by atoms with Crippen LogP contribution in [0.15, 0.2) is 58.3 Å². The van der Waals surface area contributed by atoms with E-state index in [-0.39, 0.29) is 28.6 Å². The minimum Gasteiger partial charge on any atom is -0.494 e. The maximum Gasteiger partial charge on any atom is 0.264 e. The van der Waals surface area contributed by atoms with Crippen LogP contribution in [0, 0.1) is 10.6 Å². The molecule has 6 nitrogen and oxygen atoms in total. The Labute approximate surface area is 166 Å². The van der Waals surface area contributed by atoms with Crippen LogP contribution in [0.3, 0.4) is 0 Å². The zero-order valence-electron chi connectivity index (χ0n) is 15.4. The summed E-state index contributed by atoms with van der Waals surface area (Å²) in [7, 11) is 3.83. The van der Waals surface area contributed by atoms with Crippen LogP contribution in [0.2, 0.25) is 0 Å². The van der Waals surface area contributed by atoms with Gasteiger partial charge in [0.1, 0.15) is 11.4 Å². The largest absolute Gasteiger partial charge is 0.494 e. The van der Waals surface area contributed by atoms with Gasteiger partial charge in [-0.3, -0.25) is 19.3 Å². The average molecular weight is 398 g/mol. The second-order valence-corrected chi connectivity index (χ2v) is 6.77. The first kappa shape index (κ1) is 19.5. The molecule has 2 aromatic carbocycles. The number of aromatic hydroxyl groups is 1. The number of rotatable bonds is 5. The van der Waals surface area contributed by atoms with E-state index in [1.165, 1.54) is 22.9 Å². The normalized spacial score (nSPS) is 11.1. The van der Waals surface area contributed by atoms with Gasteiger partial charge in [-0.05, 0) is 48.1 Å². The Morgan fingerprint density at radius 3 is 2.64 bits per heavy atom. The van der Waals surface area contributed by atoms with Crippen molar-refractivity contribution in [2.45, 2.75) is 6.54 Å². The van der Waals surface area contributed by atoms with Gasteiger partial charge in [0, 0.05) is 26.0 Å². The van der Waals surface area contributed by atoms with Gasteiger partial charge in [-0.25, -0.2) is 4.39 Å². The molecule has 3 aromatic rings. The Balaban J connectivity index is 1.97. The lowest BCUT2D eigenvalue weighted by atomic mass is 10.2. The van der Waals surface area contributed by atoms with Gasteiger partial charge in [-0.15, -0.1) is 0 Å². The Kier molecular flexibility index (Phi) is 5.70. The topological polar surface area (TPSA) is 73.6 Å². The molecule has 8 heteroatoms. The third-order valence-corrected chi connectivity index (χ3v) is 4.47. The van der Waals surface area contributed by atoms with Crippen molar-refractivity contribution in [2.75, 3.05) is 19.0 Å². The van der Waals surface area contributed by atoms with Crippen LogP contribution in [-0.2, 0) is 6.54 Å². The first-order chi connectivity index (χ1) is 13.3. The fourth-order valence-electron chi connectivity index (χ4n) is 2.60. The summed E-state index contributed by atoms with van der Waals surface area (Å²) in [5, 5.41) is 10.6. The van der Waals surface area contributed by atoms with Crippen LogP contribution in [0.1, 0.15) is 11.1 Å². The number of aliphatic imine (C=N–C) groups is 1. The molecule has 0 unspecified atom stereocenters. The summed E-state index contributed by atoms with van der Waals surface area (Å²) in [5.41, 5.74) is 1.77. The Morgan fingerprint density at radius 1 is 1.25 bits per heavy atom. The van der Waals surface area contributed by atoms with E-state index in [2.05, 4.69) is 9.98 Å². The summed E-state index contributed by atoms with van der Waals surface area (Å²) < 4.78 is 14.5. The molecule has 0 aliphatic rings. The number of aromatic nitrogens is 2. The summed E-state index contributed by atoms with van der Waals surface area (Å²) in [6.45, 7) is 0.179. The van der Waals surface area contributed by atoms with E-state index in [0.29, 0.717) is 5.69 Å². The number of halogens is 1. The van der Waals surface area contributed by atoms with Crippen molar-refractivity contribution in [3.8, 4) is 5.88 Å². The van der Waals surface area contributed by atoms with Crippen molar-refractivity contribution in [2.24, 2.45) is 4.99 Å². The molecule has 0 aliphatic heterocycles. The molecule has 28 heavy (non-hydrogen) atoms. The molecule has 1 heterocycles. The predicted molar refractivity (Wildman–Crippen MR) is 111 cm³/mol. The number of benzene rings is 2. The predicted octanol–water partition coefficient (Wildman–Crippen LogP) is 3.62. The summed E-state index contributed by atoms with van der Waals surface area (Å²) in [4.78, 5) is 21.0. The molecule has 3 rings (SSSR count). The van der Waals surface area contributed by atoms with E-state index in [9.17, 15) is 14.3 Å². The summed E-state index contributed by atoms with van der Waals surface area (Å²) in [5.74, 6) is -0.656. The monoisotopic (exact) mass is 398 g/mol. The number of nitrogens with one attached hydrogen (secondary N) is 1. The van der Waals surface area contributed by atoms with Gasteiger partial charge in [-0.2, -0.15) is 0 Å². The zero-order chi connectivity index (χ0) is 20.3. The lowest BCUT2D eigenvalue weighted by Crippen LogP contribution is -2.19. The third kappa shape index (κ3) is 4.34. The van der Waals surface area contributed by atoms with Crippen LogP contribution in [0.25, 0.3) is 0 Å². The maximum absolute atomic E-state index is 13.1. The van der Waals surface area contributed by atoms with E-state index < -0.39 is 5.56 Å². The highest BCUT2D eigenvalue weighted by Gasteiger charge is 2.11. The SMILES string of the molecule is CN(C)c1cccc(N=Cc2c(O)n(Cc3ccc(F)cc3)c(=S)[nH]c2=O)c1. The lowest BCUT2D eigenvalue weighted by molar-refractivity contribution is 0.411. The van der Waals surface area contributed by atoms with Gasteiger partial charge in [0.25, 0.3) is 5.56 Å². The second kappa shape index (κ2) is 8.18. The fraction of sp³-hybridized carbons (Fsp3) is 0.150. The molecule has 0 saturated carbocycles. The number of aromatic amines is 1. The van der Waals surface area contributed by atoms with Gasteiger partial charge >= 0.3 is 0 Å². The molecule has 0 spiro atoms. The lowest BCUT2D eigenvalue weighted by Gasteiger charge is -2.12. The molecule has 0 bridgehead atoms. The number of hydrogen-bond donors (Lipinski definition) is 2. The van der Waals surface area contributed by atoms with Gasteiger partial charge in [-0.1, -0.05) is 18.2 Å². The molecular weight excluding hydrogens is 379 g/mol. The van der Waals surface area contributed by atoms with Crippen molar-refractivity contribution in [1.82, 2.24) is 9.55 Å². The molecule has 0 saturated heterocycles. The standard InChI is InChI=1S/C20H19FN4O2S/c1-24(2)16-5-3-4-15(10-16)22-11-17-18(26)23-20(28)25(19(17)27)12-13-6-8-14(21)9-7-13/h3-11,27H,12H2,1-2H3,(H,23,26,28). The van der Waals surface area contributed by atoms with Gasteiger partial charge < -0.3 is 10.0 Å². The average Bonchev–Trinajstić information content (AvgIpc) is 2.66. The van der Waals surface area contributed by atoms with E-state index in [4.69, 9.17) is 12.2 Å². The summed E-state index contributed by atoms with van der Waals surface area (Å²) >= 11 is 5.16. The van der Waals surface area contributed by atoms with Gasteiger partial charge in [0.15, 0.2) is 4.77 Å². The molecule has 0 atom stereocenters. The Hall–Kier alpha value is -3.26. The van der Waals surface area contributed by atoms with Crippen molar-refractivity contribution in [3.05, 3.63) is 80.6 Å². The first-order valence-corrected chi connectivity index (χ1v) is 8.88. The molecule has 0 amide bonds. The van der Waals surface area contributed by atoms with E-state index in [1.807, 2.05) is 37.2 Å². The Morgan fingerprint density at radius 2 is 1.96 bits per heavy atom. The molecule has 0 fully saturated rings. The van der Waals surface area contributed by atoms with Crippen LogP contribution in [-0.4, -0.2) is 35.0 Å². The quantitative estimate of drug-likeness (QED) is 0.509. The molecule has 1 aromatic heterocycles. The Bertz CT molecular complexity index is 1130. The van der Waals surface area contributed by atoms with Gasteiger partial charge in [0.05, 0.1) is 12.2 Å². The van der Waals surface area contributed by atoms with Crippen molar-refractivity contribution in [3.63, 3.8) is 0 Å². The highest BCUT2D eigenvalue weighted by Crippen LogP contribution is 2.21. The minimum absolute atomic E-state index is 0.00836. The first-order valence-electron chi connectivity index (χ1n) is 8.47. The number of anilines is 1. The van der Waals surface area contributed by atoms with Crippen LogP contribution < -0.4 is 10.5 Å². The highest BCUT2D eigenvalue weighted by molar-refractivity contribution is 7.71. The fourth-order valence-corrected chi connectivity index (χ4v) is 2.84. The van der Waals surface area contributed by atoms with Crippen molar-refractivity contribution < 1.29 is 9.50 Å².